The minimum absolute atomic E-state index is 0.250. The van der Waals surface area contributed by atoms with E-state index in [0.29, 0.717) is 12.0 Å². The van der Waals surface area contributed by atoms with Crippen LogP contribution in [0.2, 0.25) is 0 Å². The Morgan fingerprint density at radius 1 is 1.04 bits per heavy atom. The van der Waals surface area contributed by atoms with Crippen LogP contribution in [0.4, 0.5) is 0 Å². The van der Waals surface area contributed by atoms with Crippen LogP contribution in [0.1, 0.15) is 29.3 Å². The Morgan fingerprint density at radius 2 is 1.57 bits per heavy atom. The van der Waals surface area contributed by atoms with E-state index in [9.17, 15) is 14.7 Å². The monoisotopic (exact) mass is 386 g/mol. The second kappa shape index (κ2) is 11.9. The van der Waals surface area contributed by atoms with Crippen LogP contribution in [0.25, 0.3) is 0 Å². The number of benzene rings is 2. The zero-order valence-electron chi connectivity index (χ0n) is 16.8. The molecule has 0 aliphatic carbocycles. The molecule has 1 unspecified atom stereocenters. The first kappa shape index (κ1) is 23.3. The summed E-state index contributed by atoms with van der Waals surface area (Å²) < 4.78 is 0.834. The smallest absolute Gasteiger partial charge is 0.251 e. The number of quaternary nitrogens is 1. The third kappa shape index (κ3) is 8.79. The number of aliphatic hydroxyl groups excluding tert-OH is 1. The summed E-state index contributed by atoms with van der Waals surface area (Å²) in [5.41, 5.74) is 1.76. The zero-order chi connectivity index (χ0) is 21.0. The van der Waals surface area contributed by atoms with E-state index < -0.39 is 17.9 Å². The maximum absolute atomic E-state index is 11.5. The van der Waals surface area contributed by atoms with Crippen molar-refractivity contribution in [2.75, 3.05) is 27.2 Å². The predicted octanol–water partition coefficient (Wildman–Crippen LogP) is 1.20. The molecule has 0 heterocycles. The number of amides is 1. The maximum Gasteiger partial charge on any atom is 0.251 e. The van der Waals surface area contributed by atoms with E-state index >= 15 is 0 Å². The first-order valence-corrected chi connectivity index (χ1v) is 9.32. The lowest BCUT2D eigenvalue weighted by atomic mass is 10.2. The number of carboxylic acids is 1. The van der Waals surface area contributed by atoms with Crippen molar-refractivity contribution >= 4 is 11.9 Å². The zero-order valence-corrected chi connectivity index (χ0v) is 16.8. The van der Waals surface area contributed by atoms with Crippen molar-refractivity contribution in [3.8, 4) is 0 Å². The lowest BCUT2D eigenvalue weighted by Crippen LogP contribution is -2.47. The normalized spacial score (nSPS) is 11.7. The molecule has 0 bridgehead atoms. The molecule has 0 aliphatic heterocycles. The van der Waals surface area contributed by atoms with Crippen molar-refractivity contribution in [3.63, 3.8) is 0 Å². The van der Waals surface area contributed by atoms with Gasteiger partial charge in [-0.15, -0.1) is 0 Å². The van der Waals surface area contributed by atoms with E-state index in [1.54, 1.807) is 37.3 Å². The standard InChI is InChI=1S/C11H13NO3.C11H18NO/c1-2-9(11(14)15)12-10(13)8-6-4-3-5-7-8;1-12(2,8-9-13)10-11-6-4-3-5-7-11/h3-7,9H,2H2,1H3,(H,12,13)(H,14,15);3-7,13H,8-10H2,1-2H3/q;+1/p-1. The fraction of sp³-hybridized carbons (Fsp3) is 0.364. The summed E-state index contributed by atoms with van der Waals surface area (Å²) in [5, 5.41) is 21.8. The number of carboxylic acid groups (broad SMARTS) is 1. The number of likely N-dealkylation sites (N-methyl/N-ethyl adjacent to an activating group) is 1. The highest BCUT2D eigenvalue weighted by Crippen LogP contribution is 2.07. The summed E-state index contributed by atoms with van der Waals surface area (Å²) in [6.45, 7) is 3.70. The van der Waals surface area contributed by atoms with Gasteiger partial charge in [0.25, 0.3) is 5.91 Å². The van der Waals surface area contributed by atoms with Crippen LogP contribution in [-0.4, -0.2) is 54.8 Å². The molecule has 28 heavy (non-hydrogen) atoms. The minimum Gasteiger partial charge on any atom is -0.548 e. The first-order chi connectivity index (χ1) is 13.3. The number of carbonyl (C=O) groups is 2. The fourth-order valence-electron chi connectivity index (χ4n) is 2.59. The topological polar surface area (TPSA) is 89.5 Å². The Labute approximate surface area is 167 Å². The summed E-state index contributed by atoms with van der Waals surface area (Å²) in [6, 6.07) is 17.9. The van der Waals surface area contributed by atoms with Gasteiger partial charge in [-0.1, -0.05) is 55.5 Å². The lowest BCUT2D eigenvalue weighted by molar-refractivity contribution is -0.903. The highest BCUT2D eigenvalue weighted by atomic mass is 16.4. The van der Waals surface area contributed by atoms with Gasteiger partial charge in [0.1, 0.15) is 13.1 Å². The molecule has 2 aromatic rings. The molecule has 152 valence electrons. The molecule has 0 saturated carbocycles. The average molecular weight is 386 g/mol. The van der Waals surface area contributed by atoms with Crippen LogP contribution in [0.3, 0.4) is 0 Å². The van der Waals surface area contributed by atoms with E-state index in [4.69, 9.17) is 5.11 Å². The van der Waals surface area contributed by atoms with Crippen LogP contribution >= 0.6 is 0 Å². The van der Waals surface area contributed by atoms with Gasteiger partial charge in [0.2, 0.25) is 0 Å². The summed E-state index contributed by atoms with van der Waals surface area (Å²) in [7, 11) is 4.26. The lowest BCUT2D eigenvalue weighted by Gasteiger charge is -2.28. The number of nitrogens with zero attached hydrogens (tertiary/aromatic N) is 1. The van der Waals surface area contributed by atoms with Gasteiger partial charge in [-0.25, -0.2) is 0 Å². The molecular formula is C22H30N2O4. The highest BCUT2D eigenvalue weighted by Gasteiger charge is 2.14. The van der Waals surface area contributed by atoms with Gasteiger partial charge < -0.3 is 24.8 Å². The number of rotatable bonds is 8. The highest BCUT2D eigenvalue weighted by molar-refractivity contribution is 5.96. The number of carbonyl (C=O) groups excluding carboxylic acids is 2. The van der Waals surface area contributed by atoms with Crippen LogP contribution < -0.4 is 10.4 Å². The molecular weight excluding hydrogens is 356 g/mol. The first-order valence-electron chi connectivity index (χ1n) is 9.32. The quantitative estimate of drug-likeness (QED) is 0.667. The fourth-order valence-corrected chi connectivity index (χ4v) is 2.59. The Hall–Kier alpha value is -2.70. The number of aliphatic hydroxyl groups is 1. The van der Waals surface area contributed by atoms with Crippen LogP contribution in [0, 0.1) is 0 Å². The van der Waals surface area contributed by atoms with Crippen LogP contribution in [0.15, 0.2) is 60.7 Å². The molecule has 0 fully saturated rings. The van der Waals surface area contributed by atoms with E-state index in [0.717, 1.165) is 17.6 Å². The Balaban J connectivity index is 0.000000283. The number of aliphatic carboxylic acids is 1. The van der Waals surface area contributed by atoms with Gasteiger partial charge in [0.15, 0.2) is 0 Å². The molecule has 2 rings (SSSR count). The summed E-state index contributed by atoms with van der Waals surface area (Å²) in [5.74, 6) is -1.66. The third-order valence-electron chi connectivity index (χ3n) is 4.19. The SMILES string of the molecule is CCC(NC(=O)c1ccccc1)C(=O)[O-].C[N+](C)(CCO)Cc1ccccc1. The van der Waals surface area contributed by atoms with E-state index in [1.807, 2.05) is 18.2 Å². The van der Waals surface area contributed by atoms with Crippen molar-refractivity contribution in [1.29, 1.82) is 0 Å². The molecule has 1 atom stereocenters. The molecule has 0 aliphatic rings. The van der Waals surface area contributed by atoms with Crippen molar-refractivity contribution in [3.05, 3.63) is 71.8 Å². The van der Waals surface area contributed by atoms with Gasteiger partial charge in [0, 0.05) is 11.1 Å². The van der Waals surface area contributed by atoms with Crippen LogP contribution in [-0.2, 0) is 11.3 Å². The van der Waals surface area contributed by atoms with Gasteiger partial charge >= 0.3 is 0 Å². The summed E-state index contributed by atoms with van der Waals surface area (Å²) in [6.07, 6.45) is 0.306. The van der Waals surface area contributed by atoms with Gasteiger partial charge in [-0.05, 0) is 18.6 Å². The summed E-state index contributed by atoms with van der Waals surface area (Å²) in [4.78, 5) is 22.1. The molecule has 6 heteroatoms. The van der Waals surface area contributed by atoms with E-state index in [1.165, 1.54) is 5.56 Å². The predicted molar refractivity (Wildman–Crippen MR) is 107 cm³/mol. The van der Waals surface area contributed by atoms with E-state index in [2.05, 4.69) is 31.5 Å². The second-order valence-electron chi connectivity index (χ2n) is 7.15. The number of hydrogen-bond donors (Lipinski definition) is 2. The van der Waals surface area contributed by atoms with Crippen molar-refractivity contribution in [2.45, 2.75) is 25.9 Å². The van der Waals surface area contributed by atoms with Gasteiger partial charge in [-0.3, -0.25) is 4.79 Å². The average Bonchev–Trinajstić information content (AvgIpc) is 2.67. The summed E-state index contributed by atoms with van der Waals surface area (Å²) >= 11 is 0. The van der Waals surface area contributed by atoms with Crippen molar-refractivity contribution in [1.82, 2.24) is 5.32 Å². The molecule has 0 aromatic heterocycles. The minimum atomic E-state index is -1.26. The Bertz CT molecular complexity index is 718. The molecule has 0 spiro atoms. The largest absolute Gasteiger partial charge is 0.548 e. The Morgan fingerprint density at radius 3 is 2.04 bits per heavy atom. The third-order valence-corrected chi connectivity index (χ3v) is 4.19. The molecule has 0 radical (unpaired) electrons. The molecule has 6 nitrogen and oxygen atoms in total. The van der Waals surface area contributed by atoms with E-state index in [-0.39, 0.29) is 6.61 Å². The second-order valence-corrected chi connectivity index (χ2v) is 7.15. The molecule has 0 saturated heterocycles. The number of nitrogens with one attached hydrogen (secondary N) is 1. The van der Waals surface area contributed by atoms with Crippen molar-refractivity contribution < 1.29 is 24.3 Å². The molecule has 2 N–H and O–H groups in total. The molecule has 1 amide bonds. The van der Waals surface area contributed by atoms with Crippen molar-refractivity contribution in [2.24, 2.45) is 0 Å². The maximum atomic E-state index is 11.5. The van der Waals surface area contributed by atoms with Crippen LogP contribution in [0.5, 0.6) is 0 Å². The molecule has 2 aromatic carbocycles. The van der Waals surface area contributed by atoms with Gasteiger partial charge in [-0.2, -0.15) is 0 Å². The number of hydrogen-bond acceptors (Lipinski definition) is 4. The van der Waals surface area contributed by atoms with Gasteiger partial charge in [0.05, 0.1) is 32.7 Å². The Kier molecular flexibility index (Phi) is 9.92.